The molecule has 0 aliphatic carbocycles. The Kier molecular flexibility index (Phi) is 7.00. The van der Waals surface area contributed by atoms with Gasteiger partial charge in [-0.2, -0.15) is 18.2 Å². The van der Waals surface area contributed by atoms with Crippen LogP contribution in [-0.2, 0) is 17.3 Å². The second-order valence-corrected chi connectivity index (χ2v) is 1.44. The van der Waals surface area contributed by atoms with Crippen LogP contribution in [0.1, 0.15) is 0 Å². The van der Waals surface area contributed by atoms with Gasteiger partial charge in [0, 0.05) is 5.75 Å². The second kappa shape index (κ2) is 7.05. The molecule has 1 aromatic carbocycles. The normalized spacial score (nSPS) is 7.60. The van der Waals surface area contributed by atoms with Crippen LogP contribution in [0.4, 0.5) is 0 Å². The third kappa shape index (κ3) is 3.87. The Morgan fingerprint density at radius 1 is 1.60 bits per heavy atom. The summed E-state index contributed by atoms with van der Waals surface area (Å²) in [5, 5.41) is 0. The van der Waals surface area contributed by atoms with Gasteiger partial charge in [0.25, 0.3) is 0 Å². The van der Waals surface area contributed by atoms with Crippen LogP contribution in [0.2, 0.25) is 0 Å². The Labute approximate surface area is 75.1 Å². The molecule has 0 amide bonds. The maximum absolute atomic E-state index is 4.88. The second-order valence-electron chi connectivity index (χ2n) is 1.44. The van der Waals surface area contributed by atoms with Crippen LogP contribution in [0.5, 0.6) is 5.75 Å². The third-order valence-electron chi connectivity index (χ3n) is 0.914. The van der Waals surface area contributed by atoms with Gasteiger partial charge in [0.1, 0.15) is 0 Å². The molecule has 0 unspecified atom stereocenters. The first-order chi connectivity index (χ1) is 4.93. The fourth-order valence-corrected chi connectivity index (χ4v) is 0.504. The number of methoxy groups -OCH3 is 1. The molecule has 0 spiro atoms. The zero-order chi connectivity index (χ0) is 7.82. The minimum absolute atomic E-state index is 0.847. The average Bonchev–Trinajstić information content (AvgIpc) is 2.10. The van der Waals surface area contributed by atoms with E-state index >= 15 is 0 Å². The van der Waals surface area contributed by atoms with Crippen molar-refractivity contribution in [3.63, 3.8) is 0 Å². The van der Waals surface area contributed by atoms with Crippen molar-refractivity contribution < 1.29 is 22.0 Å². The third-order valence-corrected chi connectivity index (χ3v) is 0.914. The number of halogens is 1. The van der Waals surface area contributed by atoms with Gasteiger partial charge in [-0.15, -0.1) is 12.1 Å². The summed E-state index contributed by atoms with van der Waals surface area (Å²) < 4.78 is 4.88. The van der Waals surface area contributed by atoms with Gasteiger partial charge in [-0.3, -0.25) is 0 Å². The van der Waals surface area contributed by atoms with Crippen molar-refractivity contribution >= 4 is 9.69 Å². The molecule has 0 N–H and O–H groups in total. The first-order valence-electron chi connectivity index (χ1n) is 2.70. The van der Waals surface area contributed by atoms with E-state index in [2.05, 4.69) is 6.07 Å². The van der Waals surface area contributed by atoms with E-state index < -0.39 is 0 Å². The van der Waals surface area contributed by atoms with Gasteiger partial charge >= 0.3 is 27.0 Å². The molecular weight excluding hydrogens is 201 g/mol. The van der Waals surface area contributed by atoms with Gasteiger partial charge in [0.05, 0.1) is 7.11 Å². The van der Waals surface area contributed by atoms with Gasteiger partial charge in [-0.1, -0.05) is 0 Å². The number of rotatable bonds is 1. The molecule has 0 bridgehead atoms. The zero-order valence-electron chi connectivity index (χ0n) is 5.80. The summed E-state index contributed by atoms with van der Waals surface area (Å²) in [6, 6.07) is 10.3. The van der Waals surface area contributed by atoms with E-state index in [0.717, 1.165) is 23.1 Å². The number of hydrogen-bond acceptors (Lipinski definition) is 1. The molecule has 10 heavy (non-hydrogen) atoms. The molecular formula is C7H7ClOZn. The number of ether oxygens (including phenoxy) is 1. The predicted octanol–water partition coefficient (Wildman–Crippen LogP) is 2.18. The van der Waals surface area contributed by atoms with Gasteiger partial charge in [-0.05, 0) is 0 Å². The quantitative estimate of drug-likeness (QED) is 0.507. The Bertz CT molecular complexity index is 155. The molecule has 0 fully saturated rings. The van der Waals surface area contributed by atoms with Crippen molar-refractivity contribution in [1.29, 1.82) is 0 Å². The van der Waals surface area contributed by atoms with Crippen molar-refractivity contribution in [3.8, 4) is 5.75 Å². The molecule has 3 heteroatoms. The van der Waals surface area contributed by atoms with E-state index in [1.54, 1.807) is 13.2 Å². The molecule has 0 aliphatic heterocycles. The fraction of sp³-hybridized carbons (Fsp3) is 0.143. The van der Waals surface area contributed by atoms with Crippen LogP contribution in [0, 0.1) is 6.07 Å². The summed E-state index contributed by atoms with van der Waals surface area (Å²) in [5.41, 5.74) is 0. The fourth-order valence-electron chi connectivity index (χ4n) is 0.504. The van der Waals surface area contributed by atoms with Gasteiger partial charge in [0.2, 0.25) is 0 Å². The van der Waals surface area contributed by atoms with Crippen LogP contribution in [0.25, 0.3) is 0 Å². The molecule has 50 valence electrons. The molecule has 0 heterocycles. The first kappa shape index (κ1) is 9.93. The molecule has 0 saturated heterocycles. The average molecular weight is 208 g/mol. The van der Waals surface area contributed by atoms with Crippen molar-refractivity contribution in [3.05, 3.63) is 30.3 Å². The molecule has 0 atom stereocenters. The van der Waals surface area contributed by atoms with Gasteiger partial charge < -0.3 is 4.74 Å². The molecule has 0 saturated carbocycles. The summed E-state index contributed by atoms with van der Waals surface area (Å²) in [5.74, 6) is 0.854. The van der Waals surface area contributed by atoms with Crippen LogP contribution in [-0.4, -0.2) is 7.11 Å². The molecule has 0 aromatic heterocycles. The van der Waals surface area contributed by atoms with E-state index in [-0.39, 0.29) is 0 Å². The van der Waals surface area contributed by atoms with Crippen molar-refractivity contribution in [1.82, 2.24) is 0 Å². The van der Waals surface area contributed by atoms with E-state index in [0.29, 0.717) is 0 Å². The monoisotopic (exact) mass is 206 g/mol. The molecule has 0 radical (unpaired) electrons. The number of benzene rings is 1. The van der Waals surface area contributed by atoms with E-state index in [1.165, 1.54) is 0 Å². The van der Waals surface area contributed by atoms with Crippen LogP contribution in [0.15, 0.2) is 24.3 Å². The van der Waals surface area contributed by atoms with E-state index in [1.807, 2.05) is 18.2 Å². The Balaban J connectivity index is 0.000000371. The van der Waals surface area contributed by atoms with Crippen molar-refractivity contribution in [2.45, 2.75) is 0 Å². The molecule has 0 aliphatic rings. The Morgan fingerprint density at radius 3 is 2.60 bits per heavy atom. The van der Waals surface area contributed by atoms with E-state index in [4.69, 9.17) is 14.4 Å². The summed E-state index contributed by atoms with van der Waals surface area (Å²) in [6.45, 7) is 0. The summed E-state index contributed by atoms with van der Waals surface area (Å²) in [6.07, 6.45) is 0. The molecule has 1 rings (SSSR count). The van der Waals surface area contributed by atoms with E-state index in [9.17, 15) is 0 Å². The summed E-state index contributed by atoms with van der Waals surface area (Å²) in [4.78, 5) is 0. The van der Waals surface area contributed by atoms with Crippen LogP contribution < -0.4 is 4.74 Å². The Hall–Kier alpha value is -0.0666. The minimum atomic E-state index is 0.847. The van der Waals surface area contributed by atoms with Crippen molar-refractivity contribution in [2.24, 2.45) is 0 Å². The van der Waals surface area contributed by atoms with Crippen LogP contribution in [0.3, 0.4) is 0 Å². The topological polar surface area (TPSA) is 9.23 Å². The molecule has 1 aromatic rings. The zero-order valence-corrected chi connectivity index (χ0v) is 9.53. The van der Waals surface area contributed by atoms with Crippen molar-refractivity contribution in [2.75, 3.05) is 7.11 Å². The predicted molar refractivity (Wildman–Crippen MR) is 37.7 cm³/mol. The van der Waals surface area contributed by atoms with Gasteiger partial charge in [-0.25, -0.2) is 0 Å². The number of hydrogen-bond donors (Lipinski definition) is 0. The SMILES string of the molecule is COc1c[c-]ccc1.[Cl][Zn+]. The molecule has 1 nitrogen and oxygen atoms in total. The van der Waals surface area contributed by atoms with Crippen LogP contribution >= 0.6 is 9.69 Å². The summed E-state index contributed by atoms with van der Waals surface area (Å²) in [7, 11) is 6.41. The van der Waals surface area contributed by atoms with Gasteiger partial charge in [0.15, 0.2) is 0 Å². The first-order valence-corrected chi connectivity index (χ1v) is 6.60. The summed E-state index contributed by atoms with van der Waals surface area (Å²) >= 11 is 0.847. The standard InChI is InChI=1S/C7H7O.ClH.Zn/c1-8-7-5-3-2-4-6-7;;/h2-3,5-6H,1H3;1H;/q-1;;+2/p-1. The Morgan fingerprint density at radius 2 is 2.30 bits per heavy atom. The maximum atomic E-state index is 4.88.